The van der Waals surface area contributed by atoms with Gasteiger partial charge in [-0.3, -0.25) is 9.59 Å². The Bertz CT molecular complexity index is 267. The molecule has 1 aliphatic heterocycles. The molecule has 0 bridgehead atoms. The minimum atomic E-state index is -0.637. The van der Waals surface area contributed by atoms with Gasteiger partial charge in [-0.2, -0.15) is 0 Å². The number of hydrogen-bond acceptors (Lipinski definition) is 4. The van der Waals surface area contributed by atoms with Gasteiger partial charge in [0, 0.05) is 12.5 Å². The highest BCUT2D eigenvalue weighted by molar-refractivity contribution is 6.00. The third-order valence-corrected chi connectivity index (χ3v) is 3.08. The monoisotopic (exact) mass is 242 g/mol. The molecule has 0 aromatic heterocycles. The predicted molar refractivity (Wildman–Crippen MR) is 63.5 cm³/mol. The van der Waals surface area contributed by atoms with Crippen molar-refractivity contribution in [1.82, 2.24) is 0 Å². The molecule has 0 amide bonds. The van der Waals surface area contributed by atoms with Crippen LogP contribution in [0.1, 0.15) is 33.6 Å². The number of carbonyl (C=O) groups is 2. The van der Waals surface area contributed by atoms with E-state index in [1.807, 2.05) is 13.8 Å². The normalized spacial score (nSPS) is 22.2. The molecule has 0 N–H and O–H groups in total. The van der Waals surface area contributed by atoms with Crippen molar-refractivity contribution < 1.29 is 19.1 Å². The van der Waals surface area contributed by atoms with Crippen LogP contribution in [0, 0.1) is 17.8 Å². The van der Waals surface area contributed by atoms with E-state index in [4.69, 9.17) is 9.47 Å². The molecule has 1 aliphatic rings. The summed E-state index contributed by atoms with van der Waals surface area (Å²) in [4.78, 5) is 24.1. The Morgan fingerprint density at radius 2 is 2.12 bits per heavy atom. The lowest BCUT2D eigenvalue weighted by Gasteiger charge is -2.26. The topological polar surface area (TPSA) is 52.6 Å². The molecule has 17 heavy (non-hydrogen) atoms. The minimum Gasteiger partial charge on any atom is -0.465 e. The quantitative estimate of drug-likeness (QED) is 0.545. The minimum absolute atomic E-state index is 0.0156. The fourth-order valence-corrected chi connectivity index (χ4v) is 2.17. The summed E-state index contributed by atoms with van der Waals surface area (Å²) in [7, 11) is 0. The third kappa shape index (κ3) is 3.80. The van der Waals surface area contributed by atoms with Crippen molar-refractivity contribution >= 4 is 11.8 Å². The van der Waals surface area contributed by atoms with Crippen LogP contribution in [0.4, 0.5) is 0 Å². The molecule has 2 unspecified atom stereocenters. The summed E-state index contributed by atoms with van der Waals surface area (Å²) in [6, 6.07) is 0. The van der Waals surface area contributed by atoms with Crippen LogP contribution < -0.4 is 0 Å². The summed E-state index contributed by atoms with van der Waals surface area (Å²) in [5, 5.41) is 0. The highest BCUT2D eigenvalue weighted by Crippen LogP contribution is 2.24. The van der Waals surface area contributed by atoms with Crippen LogP contribution in [0.2, 0.25) is 0 Å². The van der Waals surface area contributed by atoms with Gasteiger partial charge in [-0.1, -0.05) is 13.8 Å². The van der Waals surface area contributed by atoms with Gasteiger partial charge in [-0.25, -0.2) is 0 Å². The standard InChI is InChI=1S/C13H22O4/c1-4-17-13(15)11(9(2)3)12(14)10-6-5-7-16-8-10/h9-11H,4-8H2,1-3H3. The second kappa shape index (κ2) is 6.74. The van der Waals surface area contributed by atoms with Crippen molar-refractivity contribution in [3.8, 4) is 0 Å². The summed E-state index contributed by atoms with van der Waals surface area (Å²) in [6.45, 7) is 6.99. The Morgan fingerprint density at radius 1 is 1.41 bits per heavy atom. The van der Waals surface area contributed by atoms with Gasteiger partial charge >= 0.3 is 5.97 Å². The van der Waals surface area contributed by atoms with Gasteiger partial charge in [0.05, 0.1) is 13.2 Å². The summed E-state index contributed by atoms with van der Waals surface area (Å²) >= 11 is 0. The molecule has 0 radical (unpaired) electrons. The number of esters is 1. The van der Waals surface area contributed by atoms with Gasteiger partial charge in [0.1, 0.15) is 5.92 Å². The summed E-state index contributed by atoms with van der Waals surface area (Å²) in [6.07, 6.45) is 1.71. The van der Waals surface area contributed by atoms with Crippen LogP contribution in [-0.4, -0.2) is 31.6 Å². The highest BCUT2D eigenvalue weighted by atomic mass is 16.5. The number of carbonyl (C=O) groups excluding carboxylic acids is 2. The van der Waals surface area contributed by atoms with Gasteiger partial charge in [-0.05, 0) is 25.7 Å². The molecule has 2 atom stereocenters. The summed E-state index contributed by atoms with van der Waals surface area (Å²) in [5.74, 6) is -1.21. The average Bonchev–Trinajstić information content (AvgIpc) is 2.30. The number of rotatable bonds is 5. The van der Waals surface area contributed by atoms with Crippen LogP contribution in [0.15, 0.2) is 0 Å². The molecular weight excluding hydrogens is 220 g/mol. The lowest BCUT2D eigenvalue weighted by molar-refractivity contribution is -0.155. The first-order valence-electron chi connectivity index (χ1n) is 6.36. The van der Waals surface area contributed by atoms with Gasteiger partial charge in [0.25, 0.3) is 0 Å². The van der Waals surface area contributed by atoms with E-state index in [1.54, 1.807) is 6.92 Å². The molecule has 1 rings (SSSR count). The molecule has 0 aromatic rings. The SMILES string of the molecule is CCOC(=O)C(C(=O)C1CCCOC1)C(C)C. The zero-order valence-electron chi connectivity index (χ0n) is 10.9. The number of Topliss-reactive ketones (excluding diaryl/α,β-unsaturated/α-hetero) is 1. The van der Waals surface area contributed by atoms with E-state index in [2.05, 4.69) is 0 Å². The van der Waals surface area contributed by atoms with Crippen molar-refractivity contribution in [2.75, 3.05) is 19.8 Å². The summed E-state index contributed by atoms with van der Waals surface area (Å²) in [5.41, 5.74) is 0. The molecule has 0 spiro atoms. The molecular formula is C13H22O4. The van der Waals surface area contributed by atoms with E-state index < -0.39 is 11.9 Å². The van der Waals surface area contributed by atoms with E-state index in [1.165, 1.54) is 0 Å². The van der Waals surface area contributed by atoms with Crippen molar-refractivity contribution in [2.45, 2.75) is 33.6 Å². The van der Waals surface area contributed by atoms with Gasteiger partial charge in [0.2, 0.25) is 0 Å². The number of ketones is 1. The Hall–Kier alpha value is -0.900. The predicted octanol–water partition coefficient (Wildman–Crippen LogP) is 1.82. The van der Waals surface area contributed by atoms with Crippen molar-refractivity contribution in [3.63, 3.8) is 0 Å². The first-order valence-corrected chi connectivity index (χ1v) is 6.36. The molecule has 4 nitrogen and oxygen atoms in total. The van der Waals surface area contributed by atoms with Crippen LogP contribution in [0.5, 0.6) is 0 Å². The van der Waals surface area contributed by atoms with Crippen molar-refractivity contribution in [3.05, 3.63) is 0 Å². The maximum atomic E-state index is 12.3. The molecule has 1 saturated heterocycles. The molecule has 1 heterocycles. The van der Waals surface area contributed by atoms with E-state index in [-0.39, 0.29) is 17.6 Å². The molecule has 98 valence electrons. The Kier molecular flexibility index (Phi) is 5.62. The number of hydrogen-bond donors (Lipinski definition) is 0. The first kappa shape index (κ1) is 14.2. The largest absolute Gasteiger partial charge is 0.465 e. The maximum Gasteiger partial charge on any atom is 0.316 e. The Balaban J connectivity index is 2.68. The fraction of sp³-hybridized carbons (Fsp3) is 0.846. The van der Waals surface area contributed by atoms with Crippen LogP contribution >= 0.6 is 0 Å². The summed E-state index contributed by atoms with van der Waals surface area (Å²) < 4.78 is 10.3. The fourth-order valence-electron chi connectivity index (χ4n) is 2.17. The molecule has 0 aromatic carbocycles. The van der Waals surface area contributed by atoms with E-state index in [0.717, 1.165) is 19.4 Å². The smallest absolute Gasteiger partial charge is 0.316 e. The molecule has 4 heteroatoms. The van der Waals surface area contributed by atoms with Crippen LogP contribution in [0.3, 0.4) is 0 Å². The highest BCUT2D eigenvalue weighted by Gasteiger charge is 2.36. The number of ether oxygens (including phenoxy) is 2. The van der Waals surface area contributed by atoms with Crippen molar-refractivity contribution in [2.24, 2.45) is 17.8 Å². The van der Waals surface area contributed by atoms with Gasteiger partial charge < -0.3 is 9.47 Å². The second-order valence-corrected chi connectivity index (χ2v) is 4.79. The van der Waals surface area contributed by atoms with E-state index in [9.17, 15) is 9.59 Å². The molecule has 0 saturated carbocycles. The van der Waals surface area contributed by atoms with E-state index >= 15 is 0 Å². The lowest BCUT2D eigenvalue weighted by atomic mass is 9.83. The van der Waals surface area contributed by atoms with Crippen molar-refractivity contribution in [1.29, 1.82) is 0 Å². The Morgan fingerprint density at radius 3 is 2.59 bits per heavy atom. The first-order chi connectivity index (χ1) is 8.07. The lowest BCUT2D eigenvalue weighted by Crippen LogP contribution is -2.38. The second-order valence-electron chi connectivity index (χ2n) is 4.79. The van der Waals surface area contributed by atoms with Gasteiger partial charge in [-0.15, -0.1) is 0 Å². The third-order valence-electron chi connectivity index (χ3n) is 3.08. The zero-order valence-corrected chi connectivity index (χ0v) is 10.9. The van der Waals surface area contributed by atoms with Crippen LogP contribution in [-0.2, 0) is 19.1 Å². The average molecular weight is 242 g/mol. The maximum absolute atomic E-state index is 12.3. The molecule has 1 fully saturated rings. The van der Waals surface area contributed by atoms with Gasteiger partial charge in [0.15, 0.2) is 5.78 Å². The molecule has 0 aliphatic carbocycles. The zero-order chi connectivity index (χ0) is 12.8. The van der Waals surface area contributed by atoms with E-state index in [0.29, 0.717) is 13.2 Å². The van der Waals surface area contributed by atoms with Crippen LogP contribution in [0.25, 0.3) is 0 Å². The Labute approximate surface area is 103 Å².